The molecule has 1 aliphatic rings. The summed E-state index contributed by atoms with van der Waals surface area (Å²) >= 11 is 0. The molecule has 110 valence electrons. The van der Waals surface area contributed by atoms with Crippen molar-refractivity contribution in [2.45, 2.75) is 25.1 Å². The number of nitrogens with zero attached hydrogens (tertiary/aromatic N) is 1. The van der Waals surface area contributed by atoms with Crippen LogP contribution in [0.5, 0.6) is 0 Å². The van der Waals surface area contributed by atoms with E-state index in [1.165, 1.54) is 4.90 Å². The summed E-state index contributed by atoms with van der Waals surface area (Å²) in [6.45, 7) is 0.600. The van der Waals surface area contributed by atoms with Gasteiger partial charge in [-0.15, -0.1) is 0 Å². The first-order valence-corrected chi connectivity index (χ1v) is 6.23. The highest BCUT2D eigenvalue weighted by molar-refractivity contribution is 5.95. The van der Waals surface area contributed by atoms with Gasteiger partial charge < -0.3 is 10.6 Å². The second-order valence-corrected chi connectivity index (χ2v) is 4.70. The van der Waals surface area contributed by atoms with Crippen LogP contribution in [0.2, 0.25) is 0 Å². The SMILES string of the molecule is NC[C@@H]1CCCN1C(=O)c1cccc(C(F)(F)F)c1F. The minimum Gasteiger partial charge on any atom is -0.334 e. The molecule has 0 bridgehead atoms. The first-order chi connectivity index (χ1) is 9.36. The molecule has 2 N–H and O–H groups in total. The summed E-state index contributed by atoms with van der Waals surface area (Å²) in [6, 6.07) is 2.48. The number of hydrogen-bond acceptors (Lipinski definition) is 2. The summed E-state index contributed by atoms with van der Waals surface area (Å²) in [5, 5.41) is 0. The topological polar surface area (TPSA) is 46.3 Å². The Kier molecular flexibility index (Phi) is 3.99. The molecule has 1 aromatic carbocycles. The van der Waals surface area contributed by atoms with Gasteiger partial charge in [0.1, 0.15) is 5.82 Å². The molecule has 0 aromatic heterocycles. The number of halogens is 4. The maximum Gasteiger partial charge on any atom is 0.419 e. The van der Waals surface area contributed by atoms with Gasteiger partial charge in [-0.2, -0.15) is 13.2 Å². The largest absolute Gasteiger partial charge is 0.419 e. The average molecular weight is 290 g/mol. The van der Waals surface area contributed by atoms with Crippen LogP contribution in [0.15, 0.2) is 18.2 Å². The zero-order valence-corrected chi connectivity index (χ0v) is 10.6. The molecule has 1 fully saturated rings. The Morgan fingerprint density at radius 3 is 2.70 bits per heavy atom. The molecule has 2 rings (SSSR count). The van der Waals surface area contributed by atoms with Gasteiger partial charge in [0.25, 0.3) is 5.91 Å². The molecule has 1 atom stereocenters. The van der Waals surface area contributed by atoms with Gasteiger partial charge >= 0.3 is 6.18 Å². The van der Waals surface area contributed by atoms with Crippen LogP contribution in [0.4, 0.5) is 17.6 Å². The summed E-state index contributed by atoms with van der Waals surface area (Å²) in [4.78, 5) is 13.5. The molecular weight excluding hydrogens is 276 g/mol. The van der Waals surface area contributed by atoms with Gasteiger partial charge in [0.2, 0.25) is 0 Å². The Hall–Kier alpha value is -1.63. The Balaban J connectivity index is 2.36. The maximum atomic E-state index is 13.9. The summed E-state index contributed by atoms with van der Waals surface area (Å²) in [6.07, 6.45) is -3.42. The maximum absolute atomic E-state index is 13.9. The molecule has 1 aromatic rings. The molecule has 1 saturated heterocycles. The van der Waals surface area contributed by atoms with E-state index in [1.807, 2.05) is 0 Å². The summed E-state index contributed by atoms with van der Waals surface area (Å²) < 4.78 is 51.8. The monoisotopic (exact) mass is 290 g/mol. The third kappa shape index (κ3) is 2.63. The van der Waals surface area contributed by atoms with Crippen LogP contribution < -0.4 is 5.73 Å². The molecule has 0 aliphatic carbocycles. The number of likely N-dealkylation sites (tertiary alicyclic amines) is 1. The van der Waals surface area contributed by atoms with Crippen LogP contribution in [-0.2, 0) is 6.18 Å². The fourth-order valence-corrected chi connectivity index (χ4v) is 2.42. The molecule has 7 heteroatoms. The molecule has 1 aliphatic heterocycles. The first kappa shape index (κ1) is 14.8. The lowest BCUT2D eigenvalue weighted by atomic mass is 10.1. The summed E-state index contributed by atoms with van der Waals surface area (Å²) in [5.41, 5.74) is 3.53. The van der Waals surface area contributed by atoms with E-state index in [2.05, 4.69) is 0 Å². The van der Waals surface area contributed by atoms with Crippen LogP contribution in [0.3, 0.4) is 0 Å². The fourth-order valence-electron chi connectivity index (χ4n) is 2.42. The Bertz CT molecular complexity index is 516. The van der Waals surface area contributed by atoms with E-state index < -0.39 is 29.0 Å². The Labute approximate surface area is 113 Å². The van der Waals surface area contributed by atoms with Crippen LogP contribution >= 0.6 is 0 Å². The number of alkyl halides is 3. The van der Waals surface area contributed by atoms with Crippen molar-refractivity contribution in [3.8, 4) is 0 Å². The van der Waals surface area contributed by atoms with Crippen molar-refractivity contribution in [1.29, 1.82) is 0 Å². The van der Waals surface area contributed by atoms with E-state index in [0.717, 1.165) is 12.1 Å². The minimum atomic E-state index is -4.82. The van der Waals surface area contributed by atoms with Crippen molar-refractivity contribution in [3.63, 3.8) is 0 Å². The van der Waals surface area contributed by atoms with Crippen molar-refractivity contribution in [2.75, 3.05) is 13.1 Å². The van der Waals surface area contributed by atoms with Crippen molar-refractivity contribution < 1.29 is 22.4 Å². The predicted molar refractivity (Wildman–Crippen MR) is 64.5 cm³/mol. The third-order valence-electron chi connectivity index (χ3n) is 3.44. The lowest BCUT2D eigenvalue weighted by Gasteiger charge is -2.24. The van der Waals surface area contributed by atoms with E-state index in [1.54, 1.807) is 0 Å². The second-order valence-electron chi connectivity index (χ2n) is 4.70. The van der Waals surface area contributed by atoms with Crippen molar-refractivity contribution in [2.24, 2.45) is 5.73 Å². The molecule has 0 unspecified atom stereocenters. The molecule has 0 spiro atoms. The van der Waals surface area contributed by atoms with E-state index in [4.69, 9.17) is 5.73 Å². The van der Waals surface area contributed by atoms with Gasteiger partial charge in [-0.05, 0) is 25.0 Å². The predicted octanol–water partition coefficient (Wildman–Crippen LogP) is 2.41. The van der Waals surface area contributed by atoms with Crippen LogP contribution in [0, 0.1) is 5.82 Å². The van der Waals surface area contributed by atoms with Crippen molar-refractivity contribution in [3.05, 3.63) is 35.1 Å². The second kappa shape index (κ2) is 5.40. The third-order valence-corrected chi connectivity index (χ3v) is 3.44. The number of rotatable bonds is 2. The highest BCUT2D eigenvalue weighted by Crippen LogP contribution is 2.33. The van der Waals surface area contributed by atoms with E-state index in [9.17, 15) is 22.4 Å². The lowest BCUT2D eigenvalue weighted by Crippen LogP contribution is -2.40. The number of nitrogens with two attached hydrogens (primary N) is 1. The normalized spacial score (nSPS) is 19.4. The molecule has 1 heterocycles. The van der Waals surface area contributed by atoms with Gasteiger partial charge in [-0.3, -0.25) is 4.79 Å². The fraction of sp³-hybridized carbons (Fsp3) is 0.462. The average Bonchev–Trinajstić information content (AvgIpc) is 2.85. The van der Waals surface area contributed by atoms with E-state index >= 15 is 0 Å². The molecule has 0 radical (unpaired) electrons. The highest BCUT2D eigenvalue weighted by Gasteiger charge is 2.37. The number of carbonyl (C=O) groups excluding carboxylic acids is 1. The summed E-state index contributed by atoms with van der Waals surface area (Å²) in [7, 11) is 0. The van der Waals surface area contributed by atoms with E-state index in [-0.39, 0.29) is 12.6 Å². The number of hydrogen-bond donors (Lipinski definition) is 1. The Morgan fingerprint density at radius 1 is 1.40 bits per heavy atom. The number of carbonyl (C=O) groups is 1. The molecule has 0 saturated carbocycles. The molecule has 20 heavy (non-hydrogen) atoms. The van der Waals surface area contributed by atoms with Gasteiger partial charge in [0, 0.05) is 19.1 Å². The standard InChI is InChI=1S/C13H14F4N2O/c14-11-9(4-1-5-10(11)13(15,16)17)12(20)19-6-2-3-8(19)7-18/h1,4-5,8H,2-3,6-7,18H2/t8-/m0/s1. The Morgan fingerprint density at radius 2 is 2.10 bits per heavy atom. The number of benzene rings is 1. The van der Waals surface area contributed by atoms with Gasteiger partial charge in [-0.25, -0.2) is 4.39 Å². The van der Waals surface area contributed by atoms with Gasteiger partial charge in [-0.1, -0.05) is 6.07 Å². The lowest BCUT2D eigenvalue weighted by molar-refractivity contribution is -0.140. The van der Waals surface area contributed by atoms with Crippen molar-refractivity contribution in [1.82, 2.24) is 4.90 Å². The smallest absolute Gasteiger partial charge is 0.334 e. The summed E-state index contributed by atoms with van der Waals surface area (Å²) in [5.74, 6) is -2.26. The molecule has 3 nitrogen and oxygen atoms in total. The van der Waals surface area contributed by atoms with Crippen LogP contribution in [-0.4, -0.2) is 29.9 Å². The number of amides is 1. The molecular formula is C13H14F4N2O. The first-order valence-electron chi connectivity index (χ1n) is 6.23. The van der Waals surface area contributed by atoms with Crippen LogP contribution in [0.25, 0.3) is 0 Å². The van der Waals surface area contributed by atoms with E-state index in [0.29, 0.717) is 25.5 Å². The molecule has 1 amide bonds. The minimum absolute atomic E-state index is 0.215. The quantitative estimate of drug-likeness (QED) is 0.850. The van der Waals surface area contributed by atoms with Crippen molar-refractivity contribution >= 4 is 5.91 Å². The van der Waals surface area contributed by atoms with Crippen LogP contribution in [0.1, 0.15) is 28.8 Å². The zero-order valence-electron chi connectivity index (χ0n) is 10.6. The zero-order chi connectivity index (χ0) is 14.9. The van der Waals surface area contributed by atoms with Gasteiger partial charge in [0.15, 0.2) is 0 Å². The highest BCUT2D eigenvalue weighted by atomic mass is 19.4. The van der Waals surface area contributed by atoms with Gasteiger partial charge in [0.05, 0.1) is 11.1 Å².